The van der Waals surface area contributed by atoms with Crippen molar-refractivity contribution in [2.75, 3.05) is 38.6 Å². The fourth-order valence-corrected chi connectivity index (χ4v) is 4.65. The van der Waals surface area contributed by atoms with Crippen molar-refractivity contribution in [2.24, 2.45) is 0 Å². The van der Waals surface area contributed by atoms with Crippen molar-refractivity contribution in [2.45, 2.75) is 44.6 Å². The number of nitrogens with zero attached hydrogens (tertiary/aromatic N) is 5. The Morgan fingerprint density at radius 2 is 1.88 bits per heavy atom. The molecule has 0 unspecified atom stereocenters. The summed E-state index contributed by atoms with van der Waals surface area (Å²) in [5.41, 5.74) is 2.02. The lowest BCUT2D eigenvalue weighted by molar-refractivity contribution is -0.143. The molecule has 2 aliphatic heterocycles. The van der Waals surface area contributed by atoms with Crippen LogP contribution in [0.15, 0.2) is 30.5 Å². The van der Waals surface area contributed by atoms with Gasteiger partial charge < -0.3 is 14.7 Å². The van der Waals surface area contributed by atoms with Crippen molar-refractivity contribution in [3.05, 3.63) is 42.0 Å². The Kier molecular flexibility index (Phi) is 6.39. The third-order valence-corrected chi connectivity index (χ3v) is 6.50. The smallest absolute Gasteiger partial charge is 0.245 e. The molecule has 1 aromatic carbocycles. The fourth-order valence-electron chi connectivity index (χ4n) is 4.65. The summed E-state index contributed by atoms with van der Waals surface area (Å²) in [4.78, 5) is 39.6. The number of carbonyl (C=O) groups is 2. The molecule has 8 heteroatoms. The number of amides is 2. The van der Waals surface area contributed by atoms with Crippen molar-refractivity contribution in [1.29, 1.82) is 0 Å². The van der Waals surface area contributed by atoms with Crippen molar-refractivity contribution in [1.82, 2.24) is 19.8 Å². The van der Waals surface area contributed by atoms with E-state index < -0.39 is 6.04 Å². The number of hydrogen-bond donors (Lipinski definition) is 0. The summed E-state index contributed by atoms with van der Waals surface area (Å²) < 4.78 is 14.6. The number of likely N-dealkylation sites (tertiary alicyclic amines) is 2. The second-order valence-electron chi connectivity index (χ2n) is 8.81. The molecule has 4 rings (SSSR count). The average molecular weight is 440 g/mol. The molecule has 2 aliphatic rings. The number of piperidine rings is 1. The molecule has 7 nitrogen and oxygen atoms in total. The number of hydrogen-bond acceptors (Lipinski definition) is 5. The largest absolute Gasteiger partial charge is 0.347 e. The van der Waals surface area contributed by atoms with E-state index >= 15 is 0 Å². The van der Waals surface area contributed by atoms with Gasteiger partial charge in [-0.05, 0) is 32.3 Å². The first-order valence-corrected chi connectivity index (χ1v) is 11.2. The third-order valence-electron chi connectivity index (χ3n) is 6.50. The summed E-state index contributed by atoms with van der Waals surface area (Å²) in [5, 5.41) is 0. The number of halogens is 1. The molecule has 0 spiro atoms. The fraction of sp³-hybridized carbons (Fsp3) is 0.500. The lowest BCUT2D eigenvalue weighted by Crippen LogP contribution is -2.49. The first-order valence-electron chi connectivity index (χ1n) is 11.2. The van der Waals surface area contributed by atoms with E-state index in [0.29, 0.717) is 43.1 Å². The van der Waals surface area contributed by atoms with Crippen LogP contribution in [0.2, 0.25) is 0 Å². The van der Waals surface area contributed by atoms with Crippen molar-refractivity contribution in [3.63, 3.8) is 0 Å². The van der Waals surface area contributed by atoms with E-state index in [1.807, 2.05) is 36.9 Å². The molecule has 0 radical (unpaired) electrons. The van der Waals surface area contributed by atoms with Gasteiger partial charge in [-0.2, -0.15) is 0 Å². The molecular weight excluding hydrogens is 409 g/mol. The summed E-state index contributed by atoms with van der Waals surface area (Å²) in [5.74, 6) is 0.447. The molecule has 2 fully saturated rings. The number of anilines is 1. The average Bonchev–Trinajstić information content (AvgIpc) is 3.24. The zero-order valence-corrected chi connectivity index (χ0v) is 18.9. The van der Waals surface area contributed by atoms with Gasteiger partial charge in [0.25, 0.3) is 0 Å². The first kappa shape index (κ1) is 22.2. The van der Waals surface area contributed by atoms with Crippen LogP contribution in [-0.4, -0.2) is 71.4 Å². The van der Waals surface area contributed by atoms with Gasteiger partial charge in [-0.1, -0.05) is 18.2 Å². The monoisotopic (exact) mass is 439 g/mol. The van der Waals surface area contributed by atoms with Gasteiger partial charge in [0.05, 0.1) is 5.69 Å². The van der Waals surface area contributed by atoms with Gasteiger partial charge in [-0.15, -0.1) is 0 Å². The summed E-state index contributed by atoms with van der Waals surface area (Å²) in [7, 11) is 3.76. The Morgan fingerprint density at radius 1 is 1.16 bits per heavy atom. The molecule has 32 heavy (non-hydrogen) atoms. The van der Waals surface area contributed by atoms with Crippen LogP contribution in [0.1, 0.15) is 44.2 Å². The van der Waals surface area contributed by atoms with Crippen LogP contribution in [0.5, 0.6) is 0 Å². The van der Waals surface area contributed by atoms with E-state index in [2.05, 4.69) is 4.98 Å². The second-order valence-corrected chi connectivity index (χ2v) is 8.81. The summed E-state index contributed by atoms with van der Waals surface area (Å²) >= 11 is 0. The number of aromatic nitrogens is 2. The highest BCUT2D eigenvalue weighted by Gasteiger charge is 2.34. The molecule has 3 heterocycles. The van der Waals surface area contributed by atoms with Crippen molar-refractivity contribution in [3.8, 4) is 11.1 Å². The van der Waals surface area contributed by atoms with E-state index in [4.69, 9.17) is 4.98 Å². The SMILES string of the molecule is C[C@@H](C(=O)N1CCC(c2nc(N(C)C)ncc2-c2ccccc2F)CC1)N1CCCC1=O. The molecule has 0 saturated carbocycles. The molecular formula is C24H30FN5O2. The molecule has 2 amide bonds. The molecule has 0 bridgehead atoms. The third kappa shape index (κ3) is 4.31. The lowest BCUT2D eigenvalue weighted by Gasteiger charge is -2.36. The minimum Gasteiger partial charge on any atom is -0.347 e. The van der Waals surface area contributed by atoms with Gasteiger partial charge in [0, 0.05) is 63.4 Å². The Morgan fingerprint density at radius 3 is 2.50 bits per heavy atom. The Hall–Kier alpha value is -3.03. The Bertz CT molecular complexity index is 1000. The predicted molar refractivity (Wildman–Crippen MR) is 121 cm³/mol. The highest BCUT2D eigenvalue weighted by molar-refractivity contribution is 5.88. The zero-order valence-electron chi connectivity index (χ0n) is 18.9. The number of rotatable bonds is 5. The van der Waals surface area contributed by atoms with Crippen molar-refractivity contribution < 1.29 is 14.0 Å². The van der Waals surface area contributed by atoms with Gasteiger partial charge in [-0.3, -0.25) is 9.59 Å². The normalized spacial score (nSPS) is 18.2. The van der Waals surface area contributed by atoms with Crippen LogP contribution in [-0.2, 0) is 9.59 Å². The van der Waals surface area contributed by atoms with Gasteiger partial charge in [-0.25, -0.2) is 14.4 Å². The Labute approximate surface area is 188 Å². The van der Waals surface area contributed by atoms with Crippen LogP contribution in [0.3, 0.4) is 0 Å². The van der Waals surface area contributed by atoms with Gasteiger partial charge in [0.15, 0.2) is 0 Å². The van der Waals surface area contributed by atoms with Crippen LogP contribution >= 0.6 is 0 Å². The maximum atomic E-state index is 14.6. The van der Waals surface area contributed by atoms with E-state index in [9.17, 15) is 14.0 Å². The van der Waals surface area contributed by atoms with Gasteiger partial charge in [0.1, 0.15) is 11.9 Å². The number of benzene rings is 1. The maximum Gasteiger partial charge on any atom is 0.245 e. The lowest BCUT2D eigenvalue weighted by atomic mass is 9.88. The van der Waals surface area contributed by atoms with Gasteiger partial charge >= 0.3 is 0 Å². The predicted octanol–water partition coefficient (Wildman–Crippen LogP) is 3.07. The molecule has 1 atom stereocenters. The summed E-state index contributed by atoms with van der Waals surface area (Å²) in [6, 6.07) is 6.26. The van der Waals surface area contributed by atoms with Crippen LogP contribution in [0.4, 0.5) is 10.3 Å². The van der Waals surface area contributed by atoms with Crippen LogP contribution < -0.4 is 4.90 Å². The quantitative estimate of drug-likeness (QED) is 0.716. The van der Waals surface area contributed by atoms with E-state index in [1.165, 1.54) is 6.07 Å². The first-order chi connectivity index (χ1) is 15.4. The van der Waals surface area contributed by atoms with Crippen LogP contribution in [0.25, 0.3) is 11.1 Å². The molecule has 0 aliphatic carbocycles. The minimum atomic E-state index is -0.421. The second kappa shape index (κ2) is 9.22. The van der Waals surface area contributed by atoms with Gasteiger partial charge in [0.2, 0.25) is 17.8 Å². The van der Waals surface area contributed by atoms with Crippen LogP contribution in [0, 0.1) is 5.82 Å². The molecule has 2 saturated heterocycles. The molecule has 1 aromatic heterocycles. The molecule has 0 N–H and O–H groups in total. The minimum absolute atomic E-state index is 0.00435. The number of carbonyl (C=O) groups excluding carboxylic acids is 2. The van der Waals surface area contributed by atoms with E-state index in [-0.39, 0.29) is 23.5 Å². The van der Waals surface area contributed by atoms with E-state index in [0.717, 1.165) is 25.0 Å². The summed E-state index contributed by atoms with van der Waals surface area (Å²) in [6.07, 6.45) is 4.52. The zero-order chi connectivity index (χ0) is 22.8. The van der Waals surface area contributed by atoms with E-state index in [1.54, 1.807) is 23.2 Å². The topological polar surface area (TPSA) is 69.6 Å². The molecule has 170 valence electrons. The molecule has 2 aromatic rings. The Balaban J connectivity index is 1.54. The van der Waals surface area contributed by atoms with Crippen molar-refractivity contribution >= 4 is 17.8 Å². The standard InChI is InChI=1S/C24H30FN5O2/c1-16(30-12-6-9-21(30)31)23(32)29-13-10-17(11-14-29)22-19(15-26-24(27-22)28(2)3)18-7-4-5-8-20(18)25/h4-5,7-8,15-17H,6,9-14H2,1-3H3/t16-/m0/s1. The summed E-state index contributed by atoms with van der Waals surface area (Å²) in [6.45, 7) is 3.66. The maximum absolute atomic E-state index is 14.6. The highest BCUT2D eigenvalue weighted by atomic mass is 19.1. The highest BCUT2D eigenvalue weighted by Crippen LogP contribution is 2.36.